The van der Waals surface area contributed by atoms with Crippen LogP contribution in [0.15, 0.2) is 55.0 Å². The summed E-state index contributed by atoms with van der Waals surface area (Å²) in [6.07, 6.45) is 7.28. The van der Waals surface area contributed by atoms with Crippen molar-refractivity contribution in [1.82, 2.24) is 9.55 Å². The zero-order valence-corrected chi connectivity index (χ0v) is 18.4. The lowest BCUT2D eigenvalue weighted by Gasteiger charge is -2.15. The van der Waals surface area contributed by atoms with E-state index in [1.54, 1.807) is 30.6 Å². The van der Waals surface area contributed by atoms with Crippen molar-refractivity contribution in [2.24, 2.45) is 0 Å². The van der Waals surface area contributed by atoms with Crippen molar-refractivity contribution in [2.45, 2.75) is 45.6 Å². The lowest BCUT2D eigenvalue weighted by molar-refractivity contribution is -0.136. The second-order valence-electron chi connectivity index (χ2n) is 7.76. The summed E-state index contributed by atoms with van der Waals surface area (Å²) < 4.78 is 2.13. The van der Waals surface area contributed by atoms with Crippen LogP contribution in [-0.4, -0.2) is 26.5 Å². The Kier molecular flexibility index (Phi) is 7.47. The number of nitrogens with zero attached hydrogens (tertiary/aromatic N) is 2. The quantitative estimate of drug-likeness (QED) is 0.481. The molecule has 6 nitrogen and oxygen atoms in total. The van der Waals surface area contributed by atoms with Crippen LogP contribution in [0.1, 0.15) is 53.4 Å². The van der Waals surface area contributed by atoms with E-state index >= 15 is 0 Å². The van der Waals surface area contributed by atoms with E-state index in [9.17, 15) is 9.59 Å². The monoisotopic (exact) mass is 439 g/mol. The maximum atomic E-state index is 13.0. The zero-order chi connectivity index (χ0) is 22.4. The predicted molar refractivity (Wildman–Crippen MR) is 122 cm³/mol. The molecule has 0 spiro atoms. The number of carbonyl (C=O) groups excluding carboxylic acids is 1. The van der Waals surface area contributed by atoms with E-state index in [2.05, 4.69) is 28.7 Å². The van der Waals surface area contributed by atoms with E-state index in [1.165, 1.54) is 5.56 Å². The van der Waals surface area contributed by atoms with Crippen LogP contribution in [0.4, 0.5) is 5.69 Å². The van der Waals surface area contributed by atoms with Gasteiger partial charge in [-0.15, -0.1) is 0 Å². The molecule has 0 saturated heterocycles. The van der Waals surface area contributed by atoms with E-state index in [0.717, 1.165) is 25.1 Å². The number of aromatic nitrogens is 2. The number of hydrogen-bond donors (Lipinski definition) is 2. The van der Waals surface area contributed by atoms with E-state index < -0.39 is 5.97 Å². The fraction of sp³-hybridized carbons (Fsp3) is 0.292. The first kappa shape index (κ1) is 22.6. The van der Waals surface area contributed by atoms with Gasteiger partial charge in [-0.2, -0.15) is 0 Å². The van der Waals surface area contributed by atoms with Crippen LogP contribution in [0.2, 0.25) is 5.02 Å². The molecule has 2 aromatic heterocycles. The van der Waals surface area contributed by atoms with Crippen molar-refractivity contribution in [3.05, 3.63) is 82.4 Å². The van der Waals surface area contributed by atoms with Crippen LogP contribution in [0.5, 0.6) is 0 Å². The fourth-order valence-electron chi connectivity index (χ4n) is 3.66. The number of nitrogens with one attached hydrogen (secondary N) is 1. The molecule has 2 heterocycles. The van der Waals surface area contributed by atoms with Crippen molar-refractivity contribution >= 4 is 29.2 Å². The number of amides is 1. The molecule has 1 amide bonds. The second-order valence-corrected chi connectivity index (χ2v) is 8.17. The van der Waals surface area contributed by atoms with Crippen LogP contribution >= 0.6 is 11.6 Å². The van der Waals surface area contributed by atoms with Crippen LogP contribution in [0.25, 0.3) is 0 Å². The molecule has 3 rings (SSSR count). The molecule has 2 N–H and O–H groups in total. The molecule has 0 aliphatic rings. The Hall–Kier alpha value is -3.12. The summed E-state index contributed by atoms with van der Waals surface area (Å²) in [5, 5.41) is 12.2. The molecule has 0 bridgehead atoms. The van der Waals surface area contributed by atoms with Gasteiger partial charge < -0.3 is 15.0 Å². The van der Waals surface area contributed by atoms with E-state index in [4.69, 9.17) is 16.7 Å². The number of carboxylic acid groups (broad SMARTS) is 1. The number of carboxylic acids is 1. The predicted octanol–water partition coefficient (Wildman–Crippen LogP) is 5.17. The Balaban J connectivity index is 1.75. The molecule has 0 aliphatic carbocycles. The Labute approximate surface area is 186 Å². The van der Waals surface area contributed by atoms with Crippen molar-refractivity contribution in [2.75, 3.05) is 5.32 Å². The Morgan fingerprint density at radius 2 is 1.87 bits per heavy atom. The number of halogens is 1. The SMILES string of the molecule is CC(C)c1c(C(=O)Nc2cc(CC(=O)O)ccc2Cl)ccn1CCCc1ccncc1. The molecular formula is C24H26ClN3O3. The Bertz CT molecular complexity index is 1060. The average molecular weight is 440 g/mol. The number of rotatable bonds is 9. The van der Waals surface area contributed by atoms with E-state index in [0.29, 0.717) is 21.8 Å². The van der Waals surface area contributed by atoms with Gasteiger partial charge in [-0.3, -0.25) is 14.6 Å². The minimum absolute atomic E-state index is 0.134. The number of hydrogen-bond acceptors (Lipinski definition) is 3. The maximum Gasteiger partial charge on any atom is 0.307 e. The lowest BCUT2D eigenvalue weighted by atomic mass is 10.0. The van der Waals surface area contributed by atoms with Crippen molar-refractivity contribution < 1.29 is 14.7 Å². The number of aliphatic carboxylic acids is 1. The standard InChI is InChI=1S/C24H26ClN3O3/c1-16(2)23-19(9-13-28(23)12-3-4-17-7-10-26-11-8-17)24(31)27-21-14-18(15-22(29)30)5-6-20(21)25/h5-11,13-14,16H,3-4,12,15H2,1-2H3,(H,27,31)(H,29,30). The van der Waals surface area contributed by atoms with Gasteiger partial charge in [0.2, 0.25) is 0 Å². The van der Waals surface area contributed by atoms with E-state index in [1.807, 2.05) is 24.4 Å². The highest BCUT2D eigenvalue weighted by Crippen LogP contribution is 2.27. The Morgan fingerprint density at radius 3 is 2.55 bits per heavy atom. The highest BCUT2D eigenvalue weighted by atomic mass is 35.5. The normalized spacial score (nSPS) is 11.0. The molecular weight excluding hydrogens is 414 g/mol. The summed E-state index contributed by atoms with van der Waals surface area (Å²) >= 11 is 6.23. The van der Waals surface area contributed by atoms with E-state index in [-0.39, 0.29) is 18.2 Å². The third kappa shape index (κ3) is 5.95. The van der Waals surface area contributed by atoms with Crippen molar-refractivity contribution in [1.29, 1.82) is 0 Å². The molecule has 0 aliphatic heterocycles. The summed E-state index contributed by atoms with van der Waals surface area (Å²) in [6.45, 7) is 4.93. The van der Waals surface area contributed by atoms with Gasteiger partial charge in [-0.1, -0.05) is 31.5 Å². The third-order valence-corrected chi connectivity index (χ3v) is 5.38. The number of anilines is 1. The van der Waals surface area contributed by atoms with Crippen LogP contribution in [-0.2, 0) is 24.2 Å². The largest absolute Gasteiger partial charge is 0.481 e. The molecule has 0 radical (unpaired) electrons. The lowest BCUT2D eigenvalue weighted by Crippen LogP contribution is -2.16. The summed E-state index contributed by atoms with van der Waals surface area (Å²) in [5.41, 5.74) is 3.78. The fourth-order valence-corrected chi connectivity index (χ4v) is 3.82. The first-order valence-electron chi connectivity index (χ1n) is 10.2. The second kappa shape index (κ2) is 10.3. The molecule has 7 heteroatoms. The van der Waals surface area contributed by atoms with Gasteiger partial charge >= 0.3 is 5.97 Å². The summed E-state index contributed by atoms with van der Waals surface area (Å²) in [4.78, 5) is 28.1. The molecule has 1 aromatic carbocycles. The van der Waals surface area contributed by atoms with Crippen LogP contribution < -0.4 is 5.32 Å². The first-order chi connectivity index (χ1) is 14.8. The molecule has 0 atom stereocenters. The number of carbonyl (C=O) groups is 2. The zero-order valence-electron chi connectivity index (χ0n) is 17.6. The Morgan fingerprint density at radius 1 is 1.13 bits per heavy atom. The summed E-state index contributed by atoms with van der Waals surface area (Å²) in [5.74, 6) is -1.04. The van der Waals surface area contributed by atoms with Gasteiger partial charge in [0.1, 0.15) is 0 Å². The molecule has 31 heavy (non-hydrogen) atoms. The molecule has 0 unspecified atom stereocenters. The molecule has 0 saturated carbocycles. The third-order valence-electron chi connectivity index (χ3n) is 5.05. The summed E-state index contributed by atoms with van der Waals surface area (Å²) in [7, 11) is 0. The van der Waals surface area contributed by atoms with Crippen LogP contribution in [0, 0.1) is 0 Å². The number of benzene rings is 1. The highest BCUT2D eigenvalue weighted by Gasteiger charge is 2.19. The smallest absolute Gasteiger partial charge is 0.307 e. The van der Waals surface area contributed by atoms with Gasteiger partial charge in [-0.25, -0.2) is 0 Å². The maximum absolute atomic E-state index is 13.0. The van der Waals surface area contributed by atoms with Gasteiger partial charge in [0.05, 0.1) is 22.7 Å². The average Bonchev–Trinajstić information content (AvgIpc) is 3.15. The number of pyridine rings is 1. The minimum Gasteiger partial charge on any atom is -0.481 e. The van der Waals surface area contributed by atoms with Crippen molar-refractivity contribution in [3.8, 4) is 0 Å². The minimum atomic E-state index is -0.939. The number of aryl methyl sites for hydroxylation is 2. The van der Waals surface area contributed by atoms with Crippen molar-refractivity contribution in [3.63, 3.8) is 0 Å². The topological polar surface area (TPSA) is 84.2 Å². The van der Waals surface area contributed by atoms with Gasteiger partial charge in [-0.05, 0) is 60.2 Å². The molecule has 3 aromatic rings. The van der Waals surface area contributed by atoms with Gasteiger partial charge in [0.25, 0.3) is 5.91 Å². The van der Waals surface area contributed by atoms with Gasteiger partial charge in [0.15, 0.2) is 0 Å². The molecule has 0 fully saturated rings. The van der Waals surface area contributed by atoms with Crippen LogP contribution in [0.3, 0.4) is 0 Å². The highest BCUT2D eigenvalue weighted by molar-refractivity contribution is 6.34. The summed E-state index contributed by atoms with van der Waals surface area (Å²) in [6, 6.07) is 10.7. The van der Waals surface area contributed by atoms with Gasteiger partial charge in [0, 0.05) is 30.8 Å². The molecule has 162 valence electrons. The first-order valence-corrected chi connectivity index (χ1v) is 10.6.